The molecule has 24 heavy (non-hydrogen) atoms. The number of sulfonamides is 1. The van der Waals surface area contributed by atoms with Crippen molar-refractivity contribution in [2.75, 3.05) is 9.73 Å². The van der Waals surface area contributed by atoms with Crippen molar-refractivity contribution >= 4 is 39.0 Å². The third-order valence-electron chi connectivity index (χ3n) is 3.00. The molecular formula is C14H16ClN5O3S. The van der Waals surface area contributed by atoms with Crippen LogP contribution in [0.2, 0.25) is 5.15 Å². The first-order valence-electron chi connectivity index (χ1n) is 6.95. The number of nitrogens with one attached hydrogen (secondary N) is 1. The van der Waals surface area contributed by atoms with Gasteiger partial charge in [-0.05, 0) is 24.3 Å². The minimum absolute atomic E-state index is 0.0298. The molecule has 0 radical (unpaired) electrons. The Balaban J connectivity index is 2.35. The zero-order valence-electron chi connectivity index (χ0n) is 13.0. The van der Waals surface area contributed by atoms with Crippen LogP contribution in [0.25, 0.3) is 0 Å². The van der Waals surface area contributed by atoms with E-state index in [1.54, 1.807) is 0 Å². The van der Waals surface area contributed by atoms with E-state index < -0.39 is 10.0 Å². The van der Waals surface area contributed by atoms with Gasteiger partial charge in [0.15, 0.2) is 5.82 Å². The van der Waals surface area contributed by atoms with E-state index in [4.69, 9.17) is 17.4 Å². The third-order valence-corrected chi connectivity index (χ3v) is 4.77. The second-order valence-electron chi connectivity index (χ2n) is 4.83. The molecule has 0 bridgehead atoms. The Kier molecular flexibility index (Phi) is 5.37. The fraction of sp³-hybridized carbons (Fsp3) is 0.214. The van der Waals surface area contributed by atoms with Crippen molar-refractivity contribution in [3.63, 3.8) is 0 Å². The molecular weight excluding hydrogens is 354 g/mol. The van der Waals surface area contributed by atoms with Gasteiger partial charge in [-0.1, -0.05) is 18.5 Å². The predicted octanol–water partition coefficient (Wildman–Crippen LogP) is 1.72. The number of anilines is 2. The number of carbonyl (C=O) groups is 1. The normalized spacial score (nSPS) is 11.2. The number of nitrogens with zero attached hydrogens (tertiary/aromatic N) is 3. The topological polar surface area (TPSA) is 118 Å². The van der Waals surface area contributed by atoms with Crippen LogP contribution in [0.5, 0.6) is 0 Å². The number of hydrazine groups is 1. The number of rotatable bonds is 5. The molecule has 1 amide bonds. The Morgan fingerprint density at radius 1 is 1.29 bits per heavy atom. The summed E-state index contributed by atoms with van der Waals surface area (Å²) < 4.78 is 25.7. The number of hydrogen-bond acceptors (Lipinski definition) is 6. The number of nitrogens with two attached hydrogens (primary N) is 1. The van der Waals surface area contributed by atoms with Gasteiger partial charge in [-0.2, -0.15) is 12.8 Å². The Morgan fingerprint density at radius 3 is 2.46 bits per heavy atom. The van der Waals surface area contributed by atoms with E-state index in [9.17, 15) is 13.2 Å². The monoisotopic (exact) mass is 369 g/mol. The van der Waals surface area contributed by atoms with Crippen LogP contribution in [0.3, 0.4) is 0 Å². The molecule has 0 aliphatic heterocycles. The Labute approximate surface area is 144 Å². The average molecular weight is 370 g/mol. The number of hydrogen-bond donors (Lipinski definition) is 2. The van der Waals surface area contributed by atoms with E-state index in [2.05, 4.69) is 15.3 Å². The number of carbonyl (C=O) groups excluding carboxylic acids is 1. The molecule has 0 aliphatic rings. The molecule has 2 aromatic rings. The summed E-state index contributed by atoms with van der Waals surface area (Å²) in [5, 5.41) is 2.65. The SMILES string of the molecule is CCc1nc(Cl)cc(N(N)S(=O)(=O)c2ccc(NC(C)=O)cc2)n1. The maximum Gasteiger partial charge on any atom is 0.278 e. The van der Waals surface area contributed by atoms with E-state index in [0.29, 0.717) is 22.3 Å². The summed E-state index contributed by atoms with van der Waals surface area (Å²) in [7, 11) is -4.03. The first-order valence-corrected chi connectivity index (χ1v) is 8.77. The highest BCUT2D eigenvalue weighted by molar-refractivity contribution is 7.92. The summed E-state index contributed by atoms with van der Waals surface area (Å²) in [5.41, 5.74) is 0.475. The number of aromatic nitrogens is 2. The van der Waals surface area contributed by atoms with Gasteiger partial charge in [0.25, 0.3) is 10.0 Å². The zero-order valence-corrected chi connectivity index (χ0v) is 14.6. The van der Waals surface area contributed by atoms with Crippen LogP contribution >= 0.6 is 11.6 Å². The zero-order chi connectivity index (χ0) is 17.9. The second-order valence-corrected chi connectivity index (χ2v) is 7.03. The Hall–Kier alpha value is -2.23. The van der Waals surface area contributed by atoms with Gasteiger partial charge in [-0.3, -0.25) is 4.79 Å². The molecule has 0 aliphatic carbocycles. The van der Waals surface area contributed by atoms with E-state index in [-0.39, 0.29) is 21.8 Å². The quantitative estimate of drug-likeness (QED) is 0.470. The first kappa shape index (κ1) is 18.1. The van der Waals surface area contributed by atoms with Crippen molar-refractivity contribution in [3.05, 3.63) is 41.3 Å². The van der Waals surface area contributed by atoms with Gasteiger partial charge in [0.2, 0.25) is 5.91 Å². The lowest BCUT2D eigenvalue weighted by atomic mass is 10.3. The maximum absolute atomic E-state index is 12.6. The molecule has 0 spiro atoms. The van der Waals surface area contributed by atoms with Gasteiger partial charge < -0.3 is 5.32 Å². The summed E-state index contributed by atoms with van der Waals surface area (Å²) in [6.45, 7) is 3.17. The van der Waals surface area contributed by atoms with Crippen molar-refractivity contribution in [3.8, 4) is 0 Å². The van der Waals surface area contributed by atoms with Gasteiger partial charge in [0.1, 0.15) is 11.0 Å². The molecule has 0 unspecified atom stereocenters. The molecule has 0 saturated heterocycles. The van der Waals surface area contributed by atoms with E-state index in [0.717, 1.165) is 0 Å². The molecule has 10 heteroatoms. The minimum atomic E-state index is -4.03. The molecule has 0 saturated carbocycles. The summed E-state index contributed by atoms with van der Waals surface area (Å²) in [4.78, 5) is 19.0. The molecule has 128 valence electrons. The summed E-state index contributed by atoms with van der Waals surface area (Å²) >= 11 is 5.87. The minimum Gasteiger partial charge on any atom is -0.326 e. The largest absolute Gasteiger partial charge is 0.326 e. The van der Waals surface area contributed by atoms with Gasteiger partial charge in [0.05, 0.1) is 4.90 Å². The van der Waals surface area contributed by atoms with Crippen LogP contribution in [-0.4, -0.2) is 24.3 Å². The van der Waals surface area contributed by atoms with E-state index >= 15 is 0 Å². The first-order chi connectivity index (χ1) is 11.2. The number of benzene rings is 1. The van der Waals surface area contributed by atoms with Crippen molar-refractivity contribution in [2.24, 2.45) is 5.84 Å². The van der Waals surface area contributed by atoms with Crippen LogP contribution in [0, 0.1) is 0 Å². The van der Waals surface area contributed by atoms with Crippen LogP contribution in [0.15, 0.2) is 35.2 Å². The van der Waals surface area contributed by atoms with E-state index in [1.807, 2.05) is 6.92 Å². The van der Waals surface area contributed by atoms with Crippen LogP contribution in [-0.2, 0) is 21.2 Å². The van der Waals surface area contributed by atoms with Gasteiger partial charge in [-0.25, -0.2) is 15.8 Å². The molecule has 3 N–H and O–H groups in total. The van der Waals surface area contributed by atoms with Gasteiger partial charge in [0, 0.05) is 25.1 Å². The smallest absolute Gasteiger partial charge is 0.278 e. The number of amides is 1. The molecule has 1 aromatic heterocycles. The average Bonchev–Trinajstić information content (AvgIpc) is 2.53. The highest BCUT2D eigenvalue weighted by Gasteiger charge is 2.24. The standard InChI is InChI=1S/C14H16ClN5O3S/c1-3-13-18-12(15)8-14(19-13)20(16)24(22,23)11-6-4-10(5-7-11)17-9(2)21/h4-8H,3,16H2,1-2H3,(H,17,21). The van der Waals surface area contributed by atoms with Crippen molar-refractivity contribution in [1.82, 2.24) is 9.97 Å². The van der Waals surface area contributed by atoms with Crippen LogP contribution in [0.1, 0.15) is 19.7 Å². The van der Waals surface area contributed by atoms with E-state index in [1.165, 1.54) is 37.3 Å². The van der Waals surface area contributed by atoms with Gasteiger partial charge >= 0.3 is 0 Å². The summed E-state index contributed by atoms with van der Waals surface area (Å²) in [5.74, 6) is 5.84. The molecule has 8 nitrogen and oxygen atoms in total. The molecule has 2 rings (SSSR count). The maximum atomic E-state index is 12.6. The molecule has 0 atom stereocenters. The second kappa shape index (κ2) is 7.12. The van der Waals surface area contributed by atoms with Crippen molar-refractivity contribution in [1.29, 1.82) is 0 Å². The predicted molar refractivity (Wildman–Crippen MR) is 91.0 cm³/mol. The van der Waals surface area contributed by atoms with Gasteiger partial charge in [-0.15, -0.1) is 0 Å². The summed E-state index contributed by atoms with van der Waals surface area (Å²) in [6.07, 6.45) is 0.479. The lowest BCUT2D eigenvalue weighted by molar-refractivity contribution is -0.114. The summed E-state index contributed by atoms with van der Waals surface area (Å²) in [6, 6.07) is 6.87. The lowest BCUT2D eigenvalue weighted by Gasteiger charge is -2.18. The van der Waals surface area contributed by atoms with Crippen LogP contribution in [0.4, 0.5) is 11.5 Å². The highest BCUT2D eigenvalue weighted by atomic mass is 35.5. The van der Waals surface area contributed by atoms with Crippen LogP contribution < -0.4 is 15.6 Å². The molecule has 1 aromatic carbocycles. The Morgan fingerprint density at radius 2 is 1.92 bits per heavy atom. The number of aryl methyl sites for hydroxylation is 1. The fourth-order valence-corrected chi connectivity index (χ4v) is 3.11. The third kappa shape index (κ3) is 3.99. The van der Waals surface area contributed by atoms with Crippen molar-refractivity contribution in [2.45, 2.75) is 25.2 Å². The van der Waals surface area contributed by atoms with Crippen molar-refractivity contribution < 1.29 is 13.2 Å². The molecule has 0 fully saturated rings. The lowest BCUT2D eigenvalue weighted by Crippen LogP contribution is -2.38. The highest BCUT2D eigenvalue weighted by Crippen LogP contribution is 2.22. The Bertz CT molecular complexity index is 855. The number of halogens is 1. The fourth-order valence-electron chi connectivity index (χ4n) is 1.87. The molecule has 1 heterocycles.